The highest BCUT2D eigenvalue weighted by Crippen LogP contribution is 2.05. The number of aliphatic carboxylic acids is 1. The lowest BCUT2D eigenvalue weighted by atomic mass is 10.1. The Hall–Kier alpha value is -2.68. The van der Waals surface area contributed by atoms with Gasteiger partial charge in [0.1, 0.15) is 0 Å². The van der Waals surface area contributed by atoms with Gasteiger partial charge in [-0.05, 0) is 30.5 Å². The minimum atomic E-state index is -0.783. The number of hydrogen-bond acceptors (Lipinski definition) is 4. The molecule has 6 nitrogen and oxygen atoms in total. The number of hydrogen-bond donors (Lipinski definition) is 2. The Labute approximate surface area is 129 Å². The number of carbonyl (C=O) groups excluding carboxylic acids is 1. The molecule has 0 heterocycles. The number of carbonyl (C=O) groups is 2. The molecule has 0 aliphatic rings. The maximum atomic E-state index is 11.5. The van der Waals surface area contributed by atoms with Crippen molar-refractivity contribution >= 4 is 18.1 Å². The van der Waals surface area contributed by atoms with Crippen LogP contribution >= 0.6 is 0 Å². The maximum absolute atomic E-state index is 11.5. The third kappa shape index (κ3) is 7.80. The highest BCUT2D eigenvalue weighted by molar-refractivity contribution is 5.82. The molecule has 0 aromatic heterocycles. The van der Waals surface area contributed by atoms with Crippen LogP contribution in [0.1, 0.15) is 49.7 Å². The lowest BCUT2D eigenvalue weighted by Gasteiger charge is -2.00. The van der Waals surface area contributed by atoms with Crippen molar-refractivity contribution < 1.29 is 14.7 Å². The SMILES string of the molecule is N#Cc1ccc(/C=N/NC(=O)CCCCCCC(=O)O)cc1. The van der Waals surface area contributed by atoms with Gasteiger partial charge in [-0.3, -0.25) is 9.59 Å². The summed E-state index contributed by atoms with van der Waals surface area (Å²) < 4.78 is 0. The predicted octanol–water partition coefficient (Wildman–Crippen LogP) is 2.43. The molecule has 6 heteroatoms. The molecule has 1 aromatic rings. The van der Waals surface area contributed by atoms with E-state index in [-0.39, 0.29) is 12.3 Å². The number of carboxylic acid groups (broad SMARTS) is 1. The van der Waals surface area contributed by atoms with Crippen LogP contribution in [0, 0.1) is 11.3 Å². The standard InChI is InChI=1S/C16H19N3O3/c17-11-13-7-9-14(10-8-13)12-18-19-15(20)5-3-1-2-4-6-16(21)22/h7-10,12H,1-6H2,(H,19,20)(H,21,22)/b18-12+. The van der Waals surface area contributed by atoms with Gasteiger partial charge in [-0.15, -0.1) is 0 Å². The number of unbranched alkanes of at least 4 members (excludes halogenated alkanes) is 3. The second kappa shape index (κ2) is 10.1. The third-order valence-corrected chi connectivity index (χ3v) is 2.99. The zero-order valence-electron chi connectivity index (χ0n) is 12.3. The topological polar surface area (TPSA) is 103 Å². The van der Waals surface area contributed by atoms with Gasteiger partial charge in [0, 0.05) is 12.8 Å². The molecule has 0 aliphatic heterocycles. The van der Waals surface area contributed by atoms with Crippen molar-refractivity contribution in [1.82, 2.24) is 5.43 Å². The summed E-state index contributed by atoms with van der Waals surface area (Å²) in [5.74, 6) is -0.946. The van der Waals surface area contributed by atoms with Gasteiger partial charge in [0.15, 0.2) is 0 Å². The van der Waals surface area contributed by atoms with E-state index in [9.17, 15) is 9.59 Å². The van der Waals surface area contributed by atoms with Gasteiger partial charge in [-0.2, -0.15) is 10.4 Å². The van der Waals surface area contributed by atoms with Gasteiger partial charge >= 0.3 is 5.97 Å². The first kappa shape index (κ1) is 17.4. The van der Waals surface area contributed by atoms with Gasteiger partial charge in [-0.1, -0.05) is 25.0 Å². The Bertz CT molecular complexity index is 559. The highest BCUT2D eigenvalue weighted by Gasteiger charge is 2.00. The van der Waals surface area contributed by atoms with E-state index in [1.165, 1.54) is 6.21 Å². The van der Waals surface area contributed by atoms with Crippen molar-refractivity contribution in [2.75, 3.05) is 0 Å². The van der Waals surface area contributed by atoms with Gasteiger partial charge in [0.05, 0.1) is 17.8 Å². The molecule has 0 spiro atoms. The number of nitrogens with zero attached hydrogens (tertiary/aromatic N) is 2. The third-order valence-electron chi connectivity index (χ3n) is 2.99. The van der Waals surface area contributed by atoms with Gasteiger partial charge in [0.25, 0.3) is 0 Å². The van der Waals surface area contributed by atoms with Crippen LogP contribution in [0.2, 0.25) is 0 Å². The lowest BCUT2D eigenvalue weighted by Crippen LogP contribution is -2.16. The summed E-state index contributed by atoms with van der Waals surface area (Å²) in [4.78, 5) is 21.8. The maximum Gasteiger partial charge on any atom is 0.303 e. The predicted molar refractivity (Wildman–Crippen MR) is 82.2 cm³/mol. The summed E-state index contributed by atoms with van der Waals surface area (Å²) in [5, 5.41) is 21.0. The Morgan fingerprint density at radius 1 is 1.14 bits per heavy atom. The molecule has 1 amide bonds. The number of hydrazone groups is 1. The molecular weight excluding hydrogens is 282 g/mol. The van der Waals surface area contributed by atoms with Crippen LogP contribution in [0.3, 0.4) is 0 Å². The molecule has 0 bridgehead atoms. The zero-order valence-corrected chi connectivity index (χ0v) is 12.3. The van der Waals surface area contributed by atoms with Crippen molar-refractivity contribution in [3.63, 3.8) is 0 Å². The number of rotatable bonds is 9. The summed E-state index contributed by atoms with van der Waals surface area (Å²) >= 11 is 0. The number of nitrogens with one attached hydrogen (secondary N) is 1. The molecule has 0 fully saturated rings. The van der Waals surface area contributed by atoms with E-state index in [0.29, 0.717) is 18.4 Å². The molecule has 0 saturated heterocycles. The van der Waals surface area contributed by atoms with E-state index in [1.807, 2.05) is 6.07 Å². The lowest BCUT2D eigenvalue weighted by molar-refractivity contribution is -0.137. The molecule has 1 aromatic carbocycles. The van der Waals surface area contributed by atoms with Crippen molar-refractivity contribution in [1.29, 1.82) is 5.26 Å². The number of carboxylic acids is 1. The molecule has 0 radical (unpaired) electrons. The minimum absolute atomic E-state index is 0.164. The smallest absolute Gasteiger partial charge is 0.303 e. The Morgan fingerprint density at radius 2 is 1.77 bits per heavy atom. The van der Waals surface area contributed by atoms with Crippen molar-refractivity contribution in [3.05, 3.63) is 35.4 Å². The second-order valence-corrected chi connectivity index (χ2v) is 4.83. The number of amides is 1. The summed E-state index contributed by atoms with van der Waals surface area (Å²) in [6, 6.07) is 8.88. The van der Waals surface area contributed by atoms with Crippen molar-refractivity contribution in [2.45, 2.75) is 38.5 Å². The van der Waals surface area contributed by atoms with Gasteiger partial charge in [-0.25, -0.2) is 5.43 Å². The molecular formula is C16H19N3O3. The molecule has 2 N–H and O–H groups in total. The van der Waals surface area contributed by atoms with Crippen molar-refractivity contribution in [3.8, 4) is 6.07 Å². The van der Waals surface area contributed by atoms with Gasteiger partial charge < -0.3 is 5.11 Å². The average molecular weight is 301 g/mol. The number of benzene rings is 1. The summed E-state index contributed by atoms with van der Waals surface area (Å²) in [6.07, 6.45) is 5.09. The molecule has 116 valence electrons. The van der Waals surface area contributed by atoms with E-state index in [1.54, 1.807) is 24.3 Å². The van der Waals surface area contributed by atoms with E-state index >= 15 is 0 Å². The molecule has 22 heavy (non-hydrogen) atoms. The Balaban J connectivity index is 2.15. The zero-order chi connectivity index (χ0) is 16.2. The van der Waals surface area contributed by atoms with Crippen LogP contribution in [0.25, 0.3) is 0 Å². The van der Waals surface area contributed by atoms with E-state index in [2.05, 4.69) is 10.5 Å². The fraction of sp³-hybridized carbons (Fsp3) is 0.375. The molecule has 0 aliphatic carbocycles. The first-order valence-corrected chi connectivity index (χ1v) is 7.15. The quantitative estimate of drug-likeness (QED) is 0.415. The van der Waals surface area contributed by atoms with E-state index in [0.717, 1.165) is 24.8 Å². The fourth-order valence-corrected chi connectivity index (χ4v) is 1.79. The average Bonchev–Trinajstić information content (AvgIpc) is 2.51. The van der Waals surface area contributed by atoms with Crippen LogP contribution < -0.4 is 5.43 Å². The van der Waals surface area contributed by atoms with E-state index in [4.69, 9.17) is 10.4 Å². The molecule has 0 unspecified atom stereocenters. The first-order chi connectivity index (χ1) is 10.6. The molecule has 1 rings (SSSR count). The summed E-state index contributed by atoms with van der Waals surface area (Å²) in [6.45, 7) is 0. The van der Waals surface area contributed by atoms with Crippen LogP contribution in [-0.4, -0.2) is 23.2 Å². The van der Waals surface area contributed by atoms with Crippen LogP contribution in [0.5, 0.6) is 0 Å². The van der Waals surface area contributed by atoms with Crippen molar-refractivity contribution in [2.24, 2.45) is 5.10 Å². The summed E-state index contributed by atoms with van der Waals surface area (Å²) in [7, 11) is 0. The number of nitriles is 1. The van der Waals surface area contributed by atoms with E-state index < -0.39 is 5.97 Å². The molecule has 0 atom stereocenters. The second-order valence-electron chi connectivity index (χ2n) is 4.83. The fourth-order valence-electron chi connectivity index (χ4n) is 1.79. The van der Waals surface area contributed by atoms with Crippen LogP contribution in [0.4, 0.5) is 0 Å². The highest BCUT2D eigenvalue weighted by atomic mass is 16.4. The monoisotopic (exact) mass is 301 g/mol. The first-order valence-electron chi connectivity index (χ1n) is 7.15. The normalized spacial score (nSPS) is 10.3. The van der Waals surface area contributed by atoms with Crippen LogP contribution in [-0.2, 0) is 9.59 Å². The summed E-state index contributed by atoms with van der Waals surface area (Å²) in [5.41, 5.74) is 3.81. The Morgan fingerprint density at radius 3 is 2.36 bits per heavy atom. The Kier molecular flexibility index (Phi) is 7.98. The van der Waals surface area contributed by atoms with Gasteiger partial charge in [0.2, 0.25) is 5.91 Å². The van der Waals surface area contributed by atoms with Crippen LogP contribution in [0.15, 0.2) is 29.4 Å². The largest absolute Gasteiger partial charge is 0.481 e. The molecule has 0 saturated carbocycles. The minimum Gasteiger partial charge on any atom is -0.481 e.